The van der Waals surface area contributed by atoms with Crippen LogP contribution in [0.3, 0.4) is 0 Å². The molecule has 0 bridgehead atoms. The van der Waals surface area contributed by atoms with Crippen LogP contribution in [0, 0.1) is 0 Å². The van der Waals surface area contributed by atoms with Crippen molar-refractivity contribution in [1.82, 2.24) is 0 Å². The van der Waals surface area contributed by atoms with Gasteiger partial charge in [0.2, 0.25) is 0 Å². The fraction of sp³-hybridized carbons (Fsp3) is 0.130. The first-order valence-corrected chi connectivity index (χ1v) is 8.90. The van der Waals surface area contributed by atoms with Gasteiger partial charge in [-0.25, -0.2) is 0 Å². The molecule has 0 atom stereocenters. The van der Waals surface area contributed by atoms with Crippen LogP contribution in [0.25, 0.3) is 12.2 Å². The minimum absolute atomic E-state index is 0.148. The summed E-state index contributed by atoms with van der Waals surface area (Å²) in [4.78, 5) is 24.4. The summed E-state index contributed by atoms with van der Waals surface area (Å²) in [6, 6.07) is 10.3. The summed E-state index contributed by atoms with van der Waals surface area (Å²) >= 11 is 5.87. The van der Waals surface area contributed by atoms with E-state index in [1.807, 2.05) is 6.92 Å². The summed E-state index contributed by atoms with van der Waals surface area (Å²) in [6.45, 7) is 6.93. The Morgan fingerprint density at radius 1 is 1.00 bits per heavy atom. The first-order valence-electron chi connectivity index (χ1n) is 8.52. The molecule has 0 saturated heterocycles. The van der Waals surface area contributed by atoms with Crippen molar-refractivity contribution in [2.75, 3.05) is 7.11 Å². The van der Waals surface area contributed by atoms with E-state index in [4.69, 9.17) is 21.1 Å². The summed E-state index contributed by atoms with van der Waals surface area (Å²) in [5, 5.41) is 0.615. The van der Waals surface area contributed by atoms with E-state index in [0.717, 1.165) is 11.1 Å². The summed E-state index contributed by atoms with van der Waals surface area (Å²) in [5.74, 6) is -0.213. The lowest BCUT2D eigenvalue weighted by molar-refractivity contribution is -0.131. The van der Waals surface area contributed by atoms with E-state index >= 15 is 0 Å². The van der Waals surface area contributed by atoms with Crippen molar-refractivity contribution in [2.24, 2.45) is 0 Å². The molecule has 28 heavy (non-hydrogen) atoms. The van der Waals surface area contributed by atoms with E-state index in [2.05, 4.69) is 6.58 Å². The maximum atomic E-state index is 12.8. The molecule has 0 heterocycles. The standard InChI is InChI=1S/C23H21ClO4/c1-15(2)5-11-20-22(27-4)14-12-19(23(20)28-16(3)25)21(26)13-8-17-6-9-18(24)10-7-17/h5-14H,1H2,2-4H3. The summed E-state index contributed by atoms with van der Waals surface area (Å²) in [5.41, 5.74) is 2.37. The van der Waals surface area contributed by atoms with Crippen LogP contribution in [0.4, 0.5) is 0 Å². The average molecular weight is 397 g/mol. The third kappa shape index (κ3) is 5.69. The molecule has 0 aromatic heterocycles. The van der Waals surface area contributed by atoms with Gasteiger partial charge in [0, 0.05) is 11.9 Å². The van der Waals surface area contributed by atoms with Crippen molar-refractivity contribution < 1.29 is 19.1 Å². The number of hydrogen-bond donors (Lipinski definition) is 0. The molecule has 0 N–H and O–H groups in total. The van der Waals surface area contributed by atoms with Crippen LogP contribution < -0.4 is 9.47 Å². The number of esters is 1. The van der Waals surface area contributed by atoms with Gasteiger partial charge in [0.15, 0.2) is 11.5 Å². The molecule has 0 saturated carbocycles. The maximum Gasteiger partial charge on any atom is 0.308 e. The fourth-order valence-electron chi connectivity index (χ4n) is 2.43. The Balaban J connectivity index is 2.50. The van der Waals surface area contributed by atoms with Crippen molar-refractivity contribution in [3.63, 3.8) is 0 Å². The number of methoxy groups -OCH3 is 1. The largest absolute Gasteiger partial charge is 0.496 e. The van der Waals surface area contributed by atoms with Crippen molar-refractivity contribution >= 4 is 35.5 Å². The number of ketones is 1. The van der Waals surface area contributed by atoms with E-state index in [0.29, 0.717) is 16.3 Å². The van der Waals surface area contributed by atoms with E-state index in [-0.39, 0.29) is 17.1 Å². The molecule has 2 aromatic carbocycles. The van der Waals surface area contributed by atoms with Gasteiger partial charge in [0.25, 0.3) is 0 Å². The average Bonchev–Trinajstić information content (AvgIpc) is 2.65. The van der Waals surface area contributed by atoms with Crippen LogP contribution in [0.2, 0.25) is 5.02 Å². The Morgan fingerprint density at radius 3 is 2.25 bits per heavy atom. The first-order chi connectivity index (χ1) is 13.3. The van der Waals surface area contributed by atoms with Crippen LogP contribution in [-0.2, 0) is 4.79 Å². The van der Waals surface area contributed by atoms with Gasteiger partial charge in [0.1, 0.15) is 5.75 Å². The molecular formula is C23H21ClO4. The van der Waals surface area contributed by atoms with E-state index in [9.17, 15) is 9.59 Å². The SMILES string of the molecule is C=C(C)C=Cc1c(OC)ccc(C(=O)C=Cc2ccc(Cl)cc2)c1OC(C)=O. The zero-order valence-corrected chi connectivity index (χ0v) is 16.7. The molecule has 0 aliphatic heterocycles. The number of hydrogen-bond acceptors (Lipinski definition) is 4. The molecule has 0 aliphatic rings. The lowest BCUT2D eigenvalue weighted by Crippen LogP contribution is -2.09. The topological polar surface area (TPSA) is 52.6 Å². The number of carbonyl (C=O) groups excluding carboxylic acids is 2. The van der Waals surface area contributed by atoms with Crippen LogP contribution in [0.5, 0.6) is 11.5 Å². The summed E-state index contributed by atoms with van der Waals surface area (Å²) < 4.78 is 10.7. The number of allylic oxidation sites excluding steroid dienone is 3. The number of carbonyl (C=O) groups is 2. The quantitative estimate of drug-likeness (QED) is 0.196. The predicted octanol–water partition coefficient (Wildman–Crippen LogP) is 5.76. The predicted molar refractivity (Wildman–Crippen MR) is 113 cm³/mol. The highest BCUT2D eigenvalue weighted by Gasteiger charge is 2.19. The van der Waals surface area contributed by atoms with Crippen LogP contribution in [-0.4, -0.2) is 18.9 Å². The molecule has 2 aromatic rings. The lowest BCUT2D eigenvalue weighted by Gasteiger charge is -2.14. The Kier molecular flexibility index (Phi) is 7.36. The van der Waals surface area contributed by atoms with E-state index < -0.39 is 5.97 Å². The summed E-state index contributed by atoms with van der Waals surface area (Å²) in [6.07, 6.45) is 6.55. The van der Waals surface area contributed by atoms with Crippen LogP contribution in [0.1, 0.15) is 35.3 Å². The second-order valence-electron chi connectivity index (χ2n) is 6.08. The Bertz CT molecular complexity index is 953. The van der Waals surface area contributed by atoms with Gasteiger partial charge in [0.05, 0.1) is 18.2 Å². The Morgan fingerprint density at radius 2 is 1.68 bits per heavy atom. The molecule has 0 fully saturated rings. The van der Waals surface area contributed by atoms with Gasteiger partial charge >= 0.3 is 5.97 Å². The highest BCUT2D eigenvalue weighted by molar-refractivity contribution is 6.30. The van der Waals surface area contributed by atoms with Gasteiger partial charge in [-0.1, -0.05) is 48.0 Å². The molecule has 144 valence electrons. The molecule has 0 radical (unpaired) electrons. The molecular weight excluding hydrogens is 376 g/mol. The fourth-order valence-corrected chi connectivity index (χ4v) is 2.55. The number of halogens is 1. The first kappa shape index (κ1) is 21.2. The van der Waals surface area contributed by atoms with Gasteiger partial charge in [-0.2, -0.15) is 0 Å². The molecule has 0 spiro atoms. The Hall–Kier alpha value is -3.11. The summed E-state index contributed by atoms with van der Waals surface area (Å²) in [7, 11) is 1.51. The van der Waals surface area contributed by atoms with Gasteiger partial charge in [-0.3, -0.25) is 9.59 Å². The van der Waals surface area contributed by atoms with E-state index in [1.54, 1.807) is 54.6 Å². The number of rotatable bonds is 7. The second-order valence-corrected chi connectivity index (χ2v) is 6.52. The maximum absolute atomic E-state index is 12.8. The molecule has 2 rings (SSSR count). The van der Waals surface area contributed by atoms with Gasteiger partial charge in [-0.05, 0) is 48.9 Å². The van der Waals surface area contributed by atoms with E-state index in [1.165, 1.54) is 20.1 Å². The third-order valence-corrected chi connectivity index (χ3v) is 3.97. The van der Waals surface area contributed by atoms with Gasteiger partial charge in [-0.15, -0.1) is 0 Å². The molecule has 0 aliphatic carbocycles. The Labute approximate surface area is 169 Å². The molecule has 4 nitrogen and oxygen atoms in total. The van der Waals surface area contributed by atoms with Crippen molar-refractivity contribution in [3.8, 4) is 11.5 Å². The van der Waals surface area contributed by atoms with Crippen LogP contribution in [0.15, 0.2) is 60.7 Å². The zero-order valence-electron chi connectivity index (χ0n) is 16.0. The monoisotopic (exact) mass is 396 g/mol. The van der Waals surface area contributed by atoms with Crippen molar-refractivity contribution in [2.45, 2.75) is 13.8 Å². The van der Waals surface area contributed by atoms with Crippen LogP contribution >= 0.6 is 11.6 Å². The van der Waals surface area contributed by atoms with Crippen molar-refractivity contribution in [3.05, 3.63) is 82.4 Å². The number of ether oxygens (including phenoxy) is 2. The number of benzene rings is 2. The smallest absolute Gasteiger partial charge is 0.308 e. The lowest BCUT2D eigenvalue weighted by atomic mass is 10.0. The third-order valence-electron chi connectivity index (χ3n) is 3.72. The molecule has 0 unspecified atom stereocenters. The highest BCUT2D eigenvalue weighted by atomic mass is 35.5. The molecule has 5 heteroatoms. The molecule has 0 amide bonds. The van der Waals surface area contributed by atoms with Crippen molar-refractivity contribution in [1.29, 1.82) is 0 Å². The zero-order chi connectivity index (χ0) is 20.7. The highest BCUT2D eigenvalue weighted by Crippen LogP contribution is 2.34. The normalized spacial score (nSPS) is 11.0. The minimum Gasteiger partial charge on any atom is -0.496 e. The second kappa shape index (κ2) is 9.72. The minimum atomic E-state index is -0.533. The van der Waals surface area contributed by atoms with Gasteiger partial charge < -0.3 is 9.47 Å².